The molecule has 1 aromatic rings. The molecule has 1 heterocycles. The Morgan fingerprint density at radius 3 is 1.94 bits per heavy atom. The van der Waals surface area contributed by atoms with Gasteiger partial charge < -0.3 is 18.9 Å². The van der Waals surface area contributed by atoms with E-state index in [2.05, 4.69) is 47.6 Å². The first-order chi connectivity index (χ1) is 14.8. The van der Waals surface area contributed by atoms with Crippen LogP contribution in [0.3, 0.4) is 0 Å². The van der Waals surface area contributed by atoms with Gasteiger partial charge >= 0.3 is 17.9 Å². The molecule has 0 aromatic heterocycles. The highest BCUT2D eigenvalue weighted by Crippen LogP contribution is 2.49. The van der Waals surface area contributed by atoms with E-state index in [9.17, 15) is 14.4 Å². The van der Waals surface area contributed by atoms with Crippen LogP contribution < -0.4 is 4.74 Å². The van der Waals surface area contributed by atoms with Crippen LogP contribution in [0.4, 0.5) is 0 Å². The van der Waals surface area contributed by atoms with E-state index in [4.69, 9.17) is 18.9 Å². The maximum Gasteiger partial charge on any atom is 0.320 e. The largest absolute Gasteiger partial charge is 0.493 e. The smallest absolute Gasteiger partial charge is 0.320 e. The van der Waals surface area contributed by atoms with Crippen molar-refractivity contribution in [3.63, 3.8) is 0 Å². The van der Waals surface area contributed by atoms with E-state index in [1.807, 2.05) is 6.07 Å². The highest BCUT2D eigenvalue weighted by atomic mass is 16.5. The van der Waals surface area contributed by atoms with E-state index in [1.165, 1.54) is 21.3 Å². The summed E-state index contributed by atoms with van der Waals surface area (Å²) >= 11 is 0. The standard InChI is InChI=1S/C25H36O7/c1-24(2,3)15-11-16-19(20(22(27)30-8)23(28)31-9)14(10-18(26)29-7)13-32-21(16)17(12-15)25(4,5)6/h11-12,14,19-20H,10,13H2,1-9H3. The predicted molar refractivity (Wildman–Crippen MR) is 120 cm³/mol. The first kappa shape index (κ1) is 25.7. The van der Waals surface area contributed by atoms with Gasteiger partial charge in [0.25, 0.3) is 0 Å². The number of hydrogen-bond donors (Lipinski definition) is 0. The SMILES string of the molecule is COC(=O)CC1COc2c(cc(C(C)(C)C)cc2C(C)(C)C)C1C(C(=O)OC)C(=O)OC. The van der Waals surface area contributed by atoms with Crippen molar-refractivity contribution in [1.29, 1.82) is 0 Å². The van der Waals surface area contributed by atoms with Gasteiger partial charge in [-0.15, -0.1) is 0 Å². The molecule has 178 valence electrons. The molecule has 0 radical (unpaired) electrons. The van der Waals surface area contributed by atoms with Crippen LogP contribution in [0.5, 0.6) is 5.75 Å². The molecule has 1 aliphatic rings. The number of ether oxygens (including phenoxy) is 4. The summed E-state index contributed by atoms with van der Waals surface area (Å²) in [6, 6.07) is 4.11. The summed E-state index contributed by atoms with van der Waals surface area (Å²) in [6.07, 6.45) is -0.00427. The Kier molecular flexibility index (Phi) is 7.63. The Labute approximate surface area is 190 Å². The fraction of sp³-hybridized carbons (Fsp3) is 0.640. The third-order valence-electron chi connectivity index (χ3n) is 6.03. The van der Waals surface area contributed by atoms with Gasteiger partial charge in [-0.2, -0.15) is 0 Å². The highest BCUT2D eigenvalue weighted by Gasteiger charge is 2.47. The minimum atomic E-state index is -1.23. The molecule has 1 aliphatic heterocycles. The topological polar surface area (TPSA) is 88.1 Å². The van der Waals surface area contributed by atoms with Crippen molar-refractivity contribution < 1.29 is 33.3 Å². The zero-order chi connectivity index (χ0) is 24.4. The van der Waals surface area contributed by atoms with Gasteiger partial charge in [-0.3, -0.25) is 14.4 Å². The molecule has 32 heavy (non-hydrogen) atoms. The molecule has 0 saturated heterocycles. The van der Waals surface area contributed by atoms with E-state index in [0.717, 1.165) is 11.1 Å². The number of carbonyl (C=O) groups is 3. The van der Waals surface area contributed by atoms with Gasteiger partial charge in [0.15, 0.2) is 5.92 Å². The molecule has 2 unspecified atom stereocenters. The lowest BCUT2D eigenvalue weighted by molar-refractivity contribution is -0.162. The zero-order valence-electron chi connectivity index (χ0n) is 20.7. The van der Waals surface area contributed by atoms with Crippen LogP contribution in [0.25, 0.3) is 0 Å². The van der Waals surface area contributed by atoms with E-state index in [1.54, 1.807) is 0 Å². The fourth-order valence-electron chi connectivity index (χ4n) is 4.18. The number of hydrogen-bond acceptors (Lipinski definition) is 7. The van der Waals surface area contributed by atoms with Gasteiger partial charge in [-0.1, -0.05) is 53.7 Å². The maximum atomic E-state index is 12.8. The van der Waals surface area contributed by atoms with Crippen LogP contribution in [-0.4, -0.2) is 45.8 Å². The van der Waals surface area contributed by atoms with Crippen molar-refractivity contribution in [2.75, 3.05) is 27.9 Å². The van der Waals surface area contributed by atoms with E-state index in [0.29, 0.717) is 11.3 Å². The number of methoxy groups -OCH3 is 3. The minimum Gasteiger partial charge on any atom is -0.493 e. The molecule has 0 bridgehead atoms. The van der Waals surface area contributed by atoms with Crippen molar-refractivity contribution in [2.45, 2.75) is 64.7 Å². The van der Waals surface area contributed by atoms with Gasteiger partial charge in [-0.25, -0.2) is 0 Å². The maximum absolute atomic E-state index is 12.8. The molecule has 1 aromatic carbocycles. The van der Waals surface area contributed by atoms with Crippen molar-refractivity contribution in [3.8, 4) is 5.75 Å². The number of esters is 3. The number of fused-ring (bicyclic) bond motifs is 1. The summed E-state index contributed by atoms with van der Waals surface area (Å²) in [5.74, 6) is -3.57. The van der Waals surface area contributed by atoms with Crippen LogP contribution in [0.1, 0.15) is 70.6 Å². The molecule has 2 atom stereocenters. The average molecular weight is 449 g/mol. The zero-order valence-corrected chi connectivity index (χ0v) is 20.7. The summed E-state index contributed by atoms with van der Waals surface area (Å²) in [5.41, 5.74) is 2.29. The molecule has 0 aliphatic carbocycles. The number of carbonyl (C=O) groups excluding carboxylic acids is 3. The lowest BCUT2D eigenvalue weighted by Gasteiger charge is -2.39. The molecule has 0 N–H and O–H groups in total. The second kappa shape index (κ2) is 9.51. The second-order valence-corrected chi connectivity index (χ2v) is 10.3. The summed E-state index contributed by atoms with van der Waals surface area (Å²) in [5, 5.41) is 0. The van der Waals surface area contributed by atoms with Crippen molar-refractivity contribution in [3.05, 3.63) is 28.8 Å². The van der Waals surface area contributed by atoms with Crippen LogP contribution in [0.15, 0.2) is 12.1 Å². The van der Waals surface area contributed by atoms with Crippen molar-refractivity contribution >= 4 is 17.9 Å². The van der Waals surface area contributed by atoms with Gasteiger partial charge in [0.2, 0.25) is 0 Å². The van der Waals surface area contributed by atoms with Gasteiger partial charge in [0.1, 0.15) is 5.75 Å². The summed E-state index contributed by atoms with van der Waals surface area (Å²) in [4.78, 5) is 37.8. The third kappa shape index (κ3) is 5.25. The monoisotopic (exact) mass is 448 g/mol. The molecule has 0 fully saturated rings. The highest BCUT2D eigenvalue weighted by molar-refractivity contribution is 5.96. The Hall–Kier alpha value is -2.57. The van der Waals surface area contributed by atoms with E-state index in [-0.39, 0.29) is 23.9 Å². The number of benzene rings is 1. The summed E-state index contributed by atoms with van der Waals surface area (Å²) in [6.45, 7) is 12.7. The number of rotatable bonds is 5. The molecule has 0 spiro atoms. The predicted octanol–water partition coefficient (Wildman–Crippen LogP) is 3.90. The van der Waals surface area contributed by atoms with Gasteiger partial charge in [0.05, 0.1) is 34.4 Å². The molecule has 7 heteroatoms. The first-order valence-corrected chi connectivity index (χ1v) is 10.8. The third-order valence-corrected chi connectivity index (χ3v) is 6.03. The van der Waals surface area contributed by atoms with E-state index < -0.39 is 35.7 Å². The Morgan fingerprint density at radius 2 is 1.50 bits per heavy atom. The Morgan fingerprint density at radius 1 is 0.938 bits per heavy atom. The van der Waals surface area contributed by atoms with Crippen molar-refractivity contribution in [2.24, 2.45) is 11.8 Å². The normalized spacial score (nSPS) is 18.4. The van der Waals surface area contributed by atoms with Gasteiger partial charge in [0, 0.05) is 17.4 Å². The first-order valence-electron chi connectivity index (χ1n) is 10.8. The van der Waals surface area contributed by atoms with E-state index >= 15 is 0 Å². The lowest BCUT2D eigenvalue weighted by Crippen LogP contribution is -2.41. The summed E-state index contributed by atoms with van der Waals surface area (Å²) < 4.78 is 21.0. The van der Waals surface area contributed by atoms with Crippen LogP contribution >= 0.6 is 0 Å². The fourth-order valence-corrected chi connectivity index (χ4v) is 4.18. The van der Waals surface area contributed by atoms with Crippen LogP contribution in [0.2, 0.25) is 0 Å². The lowest BCUT2D eigenvalue weighted by atomic mass is 9.70. The van der Waals surface area contributed by atoms with Crippen LogP contribution in [0, 0.1) is 11.8 Å². The molecule has 0 saturated carbocycles. The average Bonchev–Trinajstić information content (AvgIpc) is 2.72. The Balaban J connectivity index is 2.86. The van der Waals surface area contributed by atoms with Gasteiger partial charge in [-0.05, 0) is 22.0 Å². The summed E-state index contributed by atoms with van der Waals surface area (Å²) in [7, 11) is 3.78. The minimum absolute atomic E-state index is 0.00427. The van der Waals surface area contributed by atoms with Crippen molar-refractivity contribution in [1.82, 2.24) is 0 Å². The second-order valence-electron chi connectivity index (χ2n) is 10.3. The molecular formula is C25H36O7. The molecule has 2 rings (SSSR count). The Bertz CT molecular complexity index is 858. The quantitative estimate of drug-likeness (QED) is 0.383. The molecule has 7 nitrogen and oxygen atoms in total. The molecular weight excluding hydrogens is 412 g/mol. The molecule has 0 amide bonds. The van der Waals surface area contributed by atoms with Crippen LogP contribution in [-0.2, 0) is 39.4 Å².